The molecule has 3 aromatic carbocycles. The number of anilines is 1. The van der Waals surface area contributed by atoms with Crippen LogP contribution in [0.3, 0.4) is 0 Å². The summed E-state index contributed by atoms with van der Waals surface area (Å²) in [6.45, 7) is 5.38. The van der Waals surface area contributed by atoms with E-state index in [1.54, 1.807) is 26.2 Å². The molecule has 1 heterocycles. The molecule has 43 heavy (non-hydrogen) atoms. The van der Waals surface area contributed by atoms with Crippen LogP contribution < -0.4 is 11.1 Å². The van der Waals surface area contributed by atoms with Crippen LogP contribution in [0, 0.1) is 0 Å². The summed E-state index contributed by atoms with van der Waals surface area (Å²) in [7, 11) is 0. The molecule has 4 aromatic rings. The summed E-state index contributed by atoms with van der Waals surface area (Å²) in [5, 5.41) is 19.5. The van der Waals surface area contributed by atoms with E-state index < -0.39 is 29.1 Å². The van der Waals surface area contributed by atoms with Crippen molar-refractivity contribution in [2.75, 3.05) is 11.9 Å². The Morgan fingerprint density at radius 1 is 0.930 bits per heavy atom. The minimum absolute atomic E-state index is 0.0711. The average Bonchev–Trinajstić information content (AvgIpc) is 3.45. The first kappa shape index (κ1) is 31.4. The van der Waals surface area contributed by atoms with Gasteiger partial charge >= 0.3 is 11.9 Å². The first-order valence-electron chi connectivity index (χ1n) is 13.9. The first-order chi connectivity index (χ1) is 20.6. The molecule has 0 aliphatic rings. The van der Waals surface area contributed by atoms with Gasteiger partial charge in [-0.05, 0) is 50.3 Å². The van der Waals surface area contributed by atoms with E-state index >= 15 is 0 Å². The maximum atomic E-state index is 12.1. The summed E-state index contributed by atoms with van der Waals surface area (Å²) >= 11 is 1.27. The third-order valence-corrected chi connectivity index (χ3v) is 7.24. The SMILES string of the molecule is CC(C)(C)OC(=O)C(N)CCCO/N=C(\C(=O)O)c1csc(NC(c2ccccc2)(c2ccccc2)c2ccccc2)n1. The van der Waals surface area contributed by atoms with E-state index in [1.165, 1.54) is 11.3 Å². The standard InChI is InChI=1S/C33H36N4O5S/c1-32(2,3)42-30(40)26(34)20-13-21-41-37-28(29(38)39)27-22-43-31(35-27)36-33(23-14-7-4-8-15-23,24-16-9-5-10-17-24)25-18-11-6-12-19-25/h4-12,14-19,22,26H,13,20-21,34H2,1-3H3,(H,35,36)(H,38,39)/b37-28-. The van der Waals surface area contributed by atoms with Crippen molar-refractivity contribution in [1.29, 1.82) is 0 Å². The van der Waals surface area contributed by atoms with E-state index in [1.807, 2.05) is 91.0 Å². The lowest BCUT2D eigenvalue weighted by Gasteiger charge is -2.36. The molecule has 0 radical (unpaired) electrons. The van der Waals surface area contributed by atoms with Crippen molar-refractivity contribution in [3.05, 3.63) is 119 Å². The molecule has 4 rings (SSSR count). The highest BCUT2D eigenvalue weighted by molar-refractivity contribution is 7.14. The van der Waals surface area contributed by atoms with Crippen molar-refractivity contribution in [2.45, 2.75) is 50.8 Å². The highest BCUT2D eigenvalue weighted by Crippen LogP contribution is 2.40. The predicted molar refractivity (Wildman–Crippen MR) is 168 cm³/mol. The van der Waals surface area contributed by atoms with Crippen LogP contribution in [0.25, 0.3) is 0 Å². The van der Waals surface area contributed by atoms with Gasteiger partial charge < -0.3 is 25.7 Å². The second kappa shape index (κ2) is 14.1. The Morgan fingerprint density at radius 3 is 1.91 bits per heavy atom. The van der Waals surface area contributed by atoms with Crippen molar-refractivity contribution in [1.82, 2.24) is 4.98 Å². The number of aromatic nitrogens is 1. The maximum absolute atomic E-state index is 12.1. The second-order valence-corrected chi connectivity index (χ2v) is 11.7. The number of carboxylic acids is 1. The second-order valence-electron chi connectivity index (χ2n) is 10.9. The Hall–Kier alpha value is -4.54. The lowest BCUT2D eigenvalue weighted by atomic mass is 9.77. The Morgan fingerprint density at radius 2 is 1.44 bits per heavy atom. The van der Waals surface area contributed by atoms with Gasteiger partial charge in [0.2, 0.25) is 5.71 Å². The molecule has 1 aromatic heterocycles. The van der Waals surface area contributed by atoms with Gasteiger partial charge in [-0.2, -0.15) is 0 Å². The maximum Gasteiger partial charge on any atom is 0.360 e. The molecule has 9 nitrogen and oxygen atoms in total. The van der Waals surface area contributed by atoms with Crippen molar-refractivity contribution in [2.24, 2.45) is 10.9 Å². The molecule has 0 saturated carbocycles. The lowest BCUT2D eigenvalue weighted by Crippen LogP contribution is -2.38. The van der Waals surface area contributed by atoms with Crippen molar-refractivity contribution in [3.63, 3.8) is 0 Å². The fourth-order valence-electron chi connectivity index (χ4n) is 4.55. The zero-order valence-electron chi connectivity index (χ0n) is 24.4. The Kier molecular flexibility index (Phi) is 10.3. The van der Waals surface area contributed by atoms with Crippen molar-refractivity contribution >= 4 is 34.1 Å². The number of ether oxygens (including phenoxy) is 1. The summed E-state index contributed by atoms with van der Waals surface area (Å²) in [5.74, 6) is -1.77. The highest BCUT2D eigenvalue weighted by Gasteiger charge is 2.37. The van der Waals surface area contributed by atoms with Gasteiger partial charge in [-0.15, -0.1) is 11.3 Å². The molecule has 0 aliphatic carbocycles. The first-order valence-corrected chi connectivity index (χ1v) is 14.8. The summed E-state index contributed by atoms with van der Waals surface area (Å²) in [6, 6.07) is 29.3. The third-order valence-electron chi connectivity index (χ3n) is 6.48. The van der Waals surface area contributed by atoms with E-state index in [2.05, 4.69) is 15.5 Å². The number of hydrogen-bond donors (Lipinski definition) is 3. The van der Waals surface area contributed by atoms with Crippen molar-refractivity contribution < 1.29 is 24.3 Å². The summed E-state index contributed by atoms with van der Waals surface area (Å²) < 4.78 is 5.28. The normalized spacial score (nSPS) is 12.8. The van der Waals surface area contributed by atoms with E-state index in [-0.39, 0.29) is 18.0 Å². The van der Waals surface area contributed by atoms with Gasteiger partial charge in [0.05, 0.1) is 0 Å². The lowest BCUT2D eigenvalue weighted by molar-refractivity contribution is -0.156. The molecule has 0 amide bonds. The summed E-state index contributed by atoms with van der Waals surface area (Å²) in [4.78, 5) is 34.1. The number of nitrogens with one attached hydrogen (secondary N) is 1. The fourth-order valence-corrected chi connectivity index (χ4v) is 5.30. The summed E-state index contributed by atoms with van der Waals surface area (Å²) in [5.41, 5.74) is 7.27. The molecular formula is C33H36N4O5S. The van der Waals surface area contributed by atoms with Crippen LogP contribution >= 0.6 is 11.3 Å². The number of thiazole rings is 1. The smallest absolute Gasteiger partial charge is 0.360 e. The molecule has 0 fully saturated rings. The molecule has 0 saturated heterocycles. The van der Waals surface area contributed by atoms with E-state index in [4.69, 9.17) is 15.3 Å². The fraction of sp³-hybridized carbons (Fsp3) is 0.273. The molecule has 0 spiro atoms. The highest BCUT2D eigenvalue weighted by atomic mass is 32.1. The van der Waals surface area contributed by atoms with Gasteiger partial charge in [-0.25, -0.2) is 9.78 Å². The largest absolute Gasteiger partial charge is 0.476 e. The van der Waals surface area contributed by atoms with Crippen LogP contribution in [0.15, 0.2) is 102 Å². The monoisotopic (exact) mass is 600 g/mol. The van der Waals surface area contributed by atoms with Crippen LogP contribution in [-0.2, 0) is 24.7 Å². The van der Waals surface area contributed by atoms with Crippen LogP contribution in [0.5, 0.6) is 0 Å². The third kappa shape index (κ3) is 8.06. The number of nitrogens with zero attached hydrogens (tertiary/aromatic N) is 2. The van der Waals surface area contributed by atoms with E-state index in [0.717, 1.165) is 16.7 Å². The zero-order chi connectivity index (χ0) is 30.9. The van der Waals surface area contributed by atoms with Gasteiger partial charge in [0.1, 0.15) is 29.5 Å². The van der Waals surface area contributed by atoms with Crippen molar-refractivity contribution in [3.8, 4) is 0 Å². The molecule has 4 N–H and O–H groups in total. The molecular weight excluding hydrogens is 564 g/mol. The number of oxime groups is 1. The number of hydrogen-bond acceptors (Lipinski definition) is 9. The minimum atomic E-state index is -1.28. The number of esters is 1. The van der Waals surface area contributed by atoms with Gasteiger partial charge in [0.25, 0.3) is 0 Å². The minimum Gasteiger partial charge on any atom is -0.476 e. The van der Waals surface area contributed by atoms with Gasteiger partial charge in [0.15, 0.2) is 5.13 Å². The molecule has 224 valence electrons. The number of carbonyl (C=O) groups excluding carboxylic acids is 1. The Labute approximate surface area is 255 Å². The molecule has 0 aliphatic heterocycles. The van der Waals surface area contributed by atoms with E-state index in [0.29, 0.717) is 18.0 Å². The number of nitrogens with two attached hydrogens (primary N) is 1. The topological polar surface area (TPSA) is 136 Å². The quantitative estimate of drug-likeness (QED) is 0.0576. The van der Waals surface area contributed by atoms with Gasteiger partial charge in [0, 0.05) is 5.38 Å². The average molecular weight is 601 g/mol. The number of rotatable bonds is 13. The number of carbonyl (C=O) groups is 2. The number of carboxylic acid groups (broad SMARTS) is 1. The summed E-state index contributed by atoms with van der Waals surface area (Å²) in [6.07, 6.45) is 0.687. The molecule has 10 heteroatoms. The molecule has 0 bridgehead atoms. The van der Waals surface area contributed by atoms with E-state index in [9.17, 15) is 14.7 Å². The number of benzene rings is 3. The van der Waals surface area contributed by atoms with Gasteiger partial charge in [-0.3, -0.25) is 4.79 Å². The van der Waals surface area contributed by atoms with Crippen LogP contribution in [0.4, 0.5) is 5.13 Å². The van der Waals surface area contributed by atoms with Gasteiger partial charge in [-0.1, -0.05) is 96.2 Å². The Bertz CT molecular complexity index is 1420. The van der Waals surface area contributed by atoms with Crippen LogP contribution in [-0.4, -0.2) is 46.0 Å². The van der Waals surface area contributed by atoms with Crippen LogP contribution in [0.2, 0.25) is 0 Å². The number of aliphatic carboxylic acids is 1. The zero-order valence-corrected chi connectivity index (χ0v) is 25.2. The Balaban J connectivity index is 1.56. The molecule has 1 unspecified atom stereocenters. The van der Waals surface area contributed by atoms with Crippen LogP contribution in [0.1, 0.15) is 56.0 Å². The molecule has 1 atom stereocenters. The predicted octanol–water partition coefficient (Wildman–Crippen LogP) is 5.80.